The molecule has 1 saturated heterocycles. The number of hydrogen-bond donors (Lipinski definition) is 2. The molecule has 0 radical (unpaired) electrons. The second-order valence-corrected chi connectivity index (χ2v) is 5.60. The van der Waals surface area contributed by atoms with Crippen molar-refractivity contribution in [1.29, 1.82) is 0 Å². The molecule has 3 N–H and O–H groups in total. The summed E-state index contributed by atoms with van der Waals surface area (Å²) < 4.78 is 0. The first-order valence-electron chi connectivity index (χ1n) is 7.49. The lowest BCUT2D eigenvalue weighted by Crippen LogP contribution is -2.38. The molecule has 0 atom stereocenters. The SMILES string of the molecule is NCc1cccc(C2CCN(C(=O)c3ccc[nH]3)CC2)c1. The number of amides is 1. The fourth-order valence-electron chi connectivity index (χ4n) is 3.02. The number of carbonyl (C=O) groups excluding carboxylic acids is 1. The highest BCUT2D eigenvalue weighted by Gasteiger charge is 2.24. The van der Waals surface area contributed by atoms with E-state index in [0.29, 0.717) is 18.2 Å². The molecule has 1 amide bonds. The van der Waals surface area contributed by atoms with Crippen LogP contribution < -0.4 is 5.73 Å². The molecule has 0 aliphatic carbocycles. The molecule has 4 heteroatoms. The molecule has 0 spiro atoms. The van der Waals surface area contributed by atoms with Crippen LogP contribution in [0.2, 0.25) is 0 Å². The van der Waals surface area contributed by atoms with Gasteiger partial charge in [-0.1, -0.05) is 24.3 Å². The Bertz CT molecular complexity index is 598. The Hall–Kier alpha value is -2.07. The summed E-state index contributed by atoms with van der Waals surface area (Å²) >= 11 is 0. The van der Waals surface area contributed by atoms with Gasteiger partial charge >= 0.3 is 0 Å². The van der Waals surface area contributed by atoms with Gasteiger partial charge in [-0.3, -0.25) is 4.79 Å². The Balaban J connectivity index is 1.63. The molecular weight excluding hydrogens is 262 g/mol. The van der Waals surface area contributed by atoms with E-state index in [1.165, 1.54) is 11.1 Å². The molecule has 110 valence electrons. The third kappa shape index (κ3) is 3.00. The van der Waals surface area contributed by atoms with Crippen molar-refractivity contribution in [3.05, 3.63) is 59.4 Å². The first-order valence-corrected chi connectivity index (χ1v) is 7.49. The quantitative estimate of drug-likeness (QED) is 0.909. The van der Waals surface area contributed by atoms with Gasteiger partial charge in [0.2, 0.25) is 0 Å². The topological polar surface area (TPSA) is 62.1 Å². The van der Waals surface area contributed by atoms with Crippen molar-refractivity contribution in [2.24, 2.45) is 5.73 Å². The third-order valence-corrected chi connectivity index (χ3v) is 4.27. The molecule has 0 bridgehead atoms. The van der Waals surface area contributed by atoms with Crippen molar-refractivity contribution in [1.82, 2.24) is 9.88 Å². The van der Waals surface area contributed by atoms with Gasteiger partial charge in [0, 0.05) is 25.8 Å². The summed E-state index contributed by atoms with van der Waals surface area (Å²) in [4.78, 5) is 17.2. The fraction of sp³-hybridized carbons (Fsp3) is 0.353. The summed E-state index contributed by atoms with van der Waals surface area (Å²) in [5.74, 6) is 0.637. The zero-order valence-corrected chi connectivity index (χ0v) is 12.1. The van der Waals surface area contributed by atoms with Crippen LogP contribution in [0.1, 0.15) is 40.4 Å². The molecule has 1 fully saturated rings. The average Bonchev–Trinajstić information content (AvgIpc) is 3.09. The number of likely N-dealkylation sites (tertiary alicyclic amines) is 1. The van der Waals surface area contributed by atoms with Gasteiger partial charge < -0.3 is 15.6 Å². The zero-order chi connectivity index (χ0) is 14.7. The monoisotopic (exact) mass is 283 g/mol. The number of nitrogens with two attached hydrogens (primary N) is 1. The van der Waals surface area contributed by atoms with Crippen LogP contribution in [0, 0.1) is 0 Å². The predicted octanol–water partition coefficient (Wildman–Crippen LogP) is 2.49. The number of H-pyrrole nitrogens is 1. The van der Waals surface area contributed by atoms with E-state index in [1.807, 2.05) is 17.0 Å². The molecule has 1 aromatic heterocycles. The summed E-state index contributed by atoms with van der Waals surface area (Å²) in [6.45, 7) is 2.21. The van der Waals surface area contributed by atoms with Gasteiger partial charge in [-0.15, -0.1) is 0 Å². The number of piperidine rings is 1. The maximum Gasteiger partial charge on any atom is 0.270 e. The highest BCUT2D eigenvalue weighted by molar-refractivity contribution is 5.92. The van der Waals surface area contributed by atoms with Crippen molar-refractivity contribution in [3.8, 4) is 0 Å². The van der Waals surface area contributed by atoms with Crippen molar-refractivity contribution < 1.29 is 4.79 Å². The number of hydrogen-bond acceptors (Lipinski definition) is 2. The van der Waals surface area contributed by atoms with Crippen molar-refractivity contribution in [2.75, 3.05) is 13.1 Å². The van der Waals surface area contributed by atoms with Gasteiger partial charge in [0.15, 0.2) is 0 Å². The number of carbonyl (C=O) groups is 1. The van der Waals surface area contributed by atoms with E-state index in [2.05, 4.69) is 29.2 Å². The molecular formula is C17H21N3O. The Morgan fingerprint density at radius 2 is 2.05 bits per heavy atom. The normalized spacial score (nSPS) is 16.1. The predicted molar refractivity (Wildman–Crippen MR) is 83.0 cm³/mol. The molecule has 0 saturated carbocycles. The Kier molecular flexibility index (Phi) is 4.06. The number of nitrogens with zero attached hydrogens (tertiary/aromatic N) is 1. The van der Waals surface area contributed by atoms with Crippen LogP contribution in [0.25, 0.3) is 0 Å². The van der Waals surface area contributed by atoms with Crippen LogP contribution in [-0.2, 0) is 6.54 Å². The van der Waals surface area contributed by atoms with E-state index in [1.54, 1.807) is 6.20 Å². The summed E-state index contributed by atoms with van der Waals surface area (Å²) in [5, 5.41) is 0. The number of aromatic nitrogens is 1. The van der Waals surface area contributed by atoms with Gasteiger partial charge in [0.1, 0.15) is 5.69 Å². The van der Waals surface area contributed by atoms with Gasteiger partial charge in [-0.25, -0.2) is 0 Å². The second kappa shape index (κ2) is 6.14. The van der Waals surface area contributed by atoms with Gasteiger partial charge in [-0.05, 0) is 42.0 Å². The number of nitrogens with one attached hydrogen (secondary N) is 1. The van der Waals surface area contributed by atoms with Crippen molar-refractivity contribution in [3.63, 3.8) is 0 Å². The summed E-state index contributed by atoms with van der Waals surface area (Å²) in [6, 6.07) is 12.2. The minimum Gasteiger partial charge on any atom is -0.357 e. The van der Waals surface area contributed by atoms with Crippen LogP contribution in [0.3, 0.4) is 0 Å². The summed E-state index contributed by atoms with van der Waals surface area (Å²) in [7, 11) is 0. The molecule has 4 nitrogen and oxygen atoms in total. The molecule has 0 unspecified atom stereocenters. The molecule has 2 heterocycles. The number of aromatic amines is 1. The fourth-order valence-corrected chi connectivity index (χ4v) is 3.02. The standard InChI is InChI=1S/C17H21N3O/c18-12-13-3-1-4-15(11-13)14-6-9-20(10-7-14)17(21)16-5-2-8-19-16/h1-5,8,11,14,19H,6-7,9-10,12,18H2. The minimum absolute atomic E-state index is 0.106. The van der Waals surface area contributed by atoms with Crippen molar-refractivity contribution >= 4 is 5.91 Å². The third-order valence-electron chi connectivity index (χ3n) is 4.27. The van der Waals surface area contributed by atoms with E-state index in [0.717, 1.165) is 25.9 Å². The van der Waals surface area contributed by atoms with E-state index >= 15 is 0 Å². The molecule has 1 aliphatic heterocycles. The Morgan fingerprint density at radius 1 is 1.24 bits per heavy atom. The maximum absolute atomic E-state index is 12.3. The molecule has 2 aromatic rings. The number of rotatable bonds is 3. The lowest BCUT2D eigenvalue weighted by Gasteiger charge is -2.32. The molecule has 1 aromatic carbocycles. The van der Waals surface area contributed by atoms with Crippen LogP contribution in [0.15, 0.2) is 42.6 Å². The smallest absolute Gasteiger partial charge is 0.270 e. The molecule has 21 heavy (non-hydrogen) atoms. The lowest BCUT2D eigenvalue weighted by atomic mass is 9.88. The maximum atomic E-state index is 12.3. The van der Waals surface area contributed by atoms with Gasteiger partial charge in [0.25, 0.3) is 5.91 Å². The average molecular weight is 283 g/mol. The van der Waals surface area contributed by atoms with E-state index < -0.39 is 0 Å². The Morgan fingerprint density at radius 3 is 2.71 bits per heavy atom. The number of benzene rings is 1. The largest absolute Gasteiger partial charge is 0.357 e. The summed E-state index contributed by atoms with van der Waals surface area (Å²) in [6.07, 6.45) is 3.82. The van der Waals surface area contributed by atoms with Crippen LogP contribution in [-0.4, -0.2) is 28.9 Å². The first-order chi connectivity index (χ1) is 10.3. The van der Waals surface area contributed by atoms with E-state index in [4.69, 9.17) is 5.73 Å². The Labute approximate surface area is 125 Å². The zero-order valence-electron chi connectivity index (χ0n) is 12.1. The molecule has 1 aliphatic rings. The van der Waals surface area contributed by atoms with Gasteiger partial charge in [0.05, 0.1) is 0 Å². The van der Waals surface area contributed by atoms with Crippen LogP contribution in [0.4, 0.5) is 0 Å². The van der Waals surface area contributed by atoms with Gasteiger partial charge in [-0.2, -0.15) is 0 Å². The van der Waals surface area contributed by atoms with E-state index in [-0.39, 0.29) is 5.91 Å². The van der Waals surface area contributed by atoms with E-state index in [9.17, 15) is 4.79 Å². The molecule has 3 rings (SSSR count). The first kappa shape index (κ1) is 13.9. The highest BCUT2D eigenvalue weighted by Crippen LogP contribution is 2.29. The highest BCUT2D eigenvalue weighted by atomic mass is 16.2. The minimum atomic E-state index is 0.106. The van der Waals surface area contributed by atoms with Crippen LogP contribution in [0.5, 0.6) is 0 Å². The lowest BCUT2D eigenvalue weighted by molar-refractivity contribution is 0.0708. The van der Waals surface area contributed by atoms with Crippen molar-refractivity contribution in [2.45, 2.75) is 25.3 Å². The summed E-state index contributed by atoms with van der Waals surface area (Å²) in [5.41, 5.74) is 8.92. The second-order valence-electron chi connectivity index (χ2n) is 5.60. The van der Waals surface area contributed by atoms with Crippen LogP contribution >= 0.6 is 0 Å².